The van der Waals surface area contributed by atoms with Crippen LogP contribution in [0.15, 0.2) is 11.3 Å². The lowest BCUT2D eigenvalue weighted by Crippen LogP contribution is -2.38. The fourth-order valence-corrected chi connectivity index (χ4v) is 1.44. The Morgan fingerprint density at radius 2 is 2.19 bits per heavy atom. The highest BCUT2D eigenvalue weighted by Gasteiger charge is 2.25. The first kappa shape index (κ1) is 12.2. The molecule has 88 valence electrons. The van der Waals surface area contributed by atoms with E-state index in [0.717, 1.165) is 6.21 Å². The summed E-state index contributed by atoms with van der Waals surface area (Å²) in [5.41, 5.74) is 0.553. The molecular weight excluding hydrogens is 208 g/mol. The number of rotatable bonds is 2. The Bertz CT molecular complexity index is 360. The zero-order valence-corrected chi connectivity index (χ0v) is 9.70. The number of amides is 1. The van der Waals surface area contributed by atoms with Gasteiger partial charge in [0.05, 0.1) is 12.1 Å². The number of morpholine rings is 1. The summed E-state index contributed by atoms with van der Waals surface area (Å²) in [5.74, 6) is -0.352. The molecule has 0 aromatic heterocycles. The molecule has 1 rings (SSSR count). The summed E-state index contributed by atoms with van der Waals surface area (Å²) < 4.78 is 5.08. The molecule has 6 heteroatoms. The second-order valence-electron chi connectivity index (χ2n) is 3.71. The summed E-state index contributed by atoms with van der Waals surface area (Å²) in [6.45, 7) is 1.04. The average Bonchev–Trinajstić information content (AvgIpc) is 2.22. The second kappa shape index (κ2) is 4.78. The van der Waals surface area contributed by atoms with E-state index in [1.807, 2.05) is 0 Å². The largest absolute Gasteiger partial charge is 0.475 e. The highest BCUT2D eigenvalue weighted by atomic mass is 16.5. The van der Waals surface area contributed by atoms with E-state index in [1.165, 1.54) is 4.90 Å². The van der Waals surface area contributed by atoms with Gasteiger partial charge in [0.25, 0.3) is 5.91 Å². The van der Waals surface area contributed by atoms with Crippen molar-refractivity contribution in [3.63, 3.8) is 0 Å². The smallest absolute Gasteiger partial charge is 0.257 e. The standard InChI is InChI=1S/C10H16N4O2/c1-13(2)10(15)7(6-11)8-9(12)16-5-4-14(8)3/h6,11-12H,4-5H2,1-3H3/b8-7+,11-6?,12-9?. The molecular formula is C10H16N4O2. The van der Waals surface area contributed by atoms with Crippen molar-refractivity contribution in [1.82, 2.24) is 9.80 Å². The number of carbonyl (C=O) groups is 1. The maximum atomic E-state index is 11.8. The van der Waals surface area contributed by atoms with Crippen LogP contribution in [0.25, 0.3) is 0 Å². The predicted octanol–water partition coefficient (Wildman–Crippen LogP) is -0.0825. The van der Waals surface area contributed by atoms with Crippen LogP contribution in [0, 0.1) is 10.8 Å². The van der Waals surface area contributed by atoms with E-state index in [1.54, 1.807) is 26.0 Å². The Morgan fingerprint density at radius 3 is 2.62 bits per heavy atom. The van der Waals surface area contributed by atoms with Crippen LogP contribution < -0.4 is 0 Å². The van der Waals surface area contributed by atoms with Gasteiger partial charge in [-0.2, -0.15) is 0 Å². The number of nitrogens with one attached hydrogen (secondary N) is 2. The van der Waals surface area contributed by atoms with Gasteiger partial charge in [-0.3, -0.25) is 10.2 Å². The monoisotopic (exact) mass is 224 g/mol. The van der Waals surface area contributed by atoms with Gasteiger partial charge in [0, 0.05) is 27.4 Å². The van der Waals surface area contributed by atoms with Crippen molar-refractivity contribution < 1.29 is 9.53 Å². The molecule has 1 aliphatic heterocycles. The zero-order chi connectivity index (χ0) is 12.3. The summed E-state index contributed by atoms with van der Waals surface area (Å²) in [4.78, 5) is 14.9. The highest BCUT2D eigenvalue weighted by Crippen LogP contribution is 2.15. The van der Waals surface area contributed by atoms with Gasteiger partial charge >= 0.3 is 0 Å². The topological polar surface area (TPSA) is 80.5 Å². The lowest BCUT2D eigenvalue weighted by atomic mass is 10.1. The van der Waals surface area contributed by atoms with E-state index in [9.17, 15) is 4.79 Å². The number of hydrogen-bond donors (Lipinski definition) is 2. The molecule has 1 amide bonds. The molecule has 2 N–H and O–H groups in total. The molecule has 1 aliphatic rings. The fraction of sp³-hybridized carbons (Fsp3) is 0.500. The average molecular weight is 224 g/mol. The minimum atomic E-state index is -0.299. The van der Waals surface area contributed by atoms with Crippen LogP contribution in [0.5, 0.6) is 0 Å². The van der Waals surface area contributed by atoms with Crippen LogP contribution in [0.2, 0.25) is 0 Å². The van der Waals surface area contributed by atoms with Crippen molar-refractivity contribution in [2.45, 2.75) is 0 Å². The van der Waals surface area contributed by atoms with Gasteiger partial charge < -0.3 is 19.9 Å². The molecule has 0 aromatic rings. The fourth-order valence-electron chi connectivity index (χ4n) is 1.44. The van der Waals surface area contributed by atoms with Crippen LogP contribution in [-0.4, -0.2) is 62.1 Å². The third kappa shape index (κ3) is 2.21. The quantitative estimate of drug-likeness (QED) is 0.508. The van der Waals surface area contributed by atoms with Gasteiger partial charge in [-0.1, -0.05) is 0 Å². The molecule has 6 nitrogen and oxygen atoms in total. The van der Waals surface area contributed by atoms with E-state index >= 15 is 0 Å². The summed E-state index contributed by atoms with van der Waals surface area (Å²) in [6, 6.07) is 0. The van der Waals surface area contributed by atoms with Gasteiger partial charge in [0.2, 0.25) is 5.90 Å². The van der Waals surface area contributed by atoms with Crippen LogP contribution in [-0.2, 0) is 9.53 Å². The third-order valence-electron chi connectivity index (χ3n) is 2.31. The maximum absolute atomic E-state index is 11.8. The molecule has 0 saturated carbocycles. The van der Waals surface area contributed by atoms with Crippen LogP contribution in [0.4, 0.5) is 0 Å². The zero-order valence-electron chi connectivity index (χ0n) is 9.70. The van der Waals surface area contributed by atoms with E-state index in [2.05, 4.69) is 0 Å². The van der Waals surface area contributed by atoms with Gasteiger partial charge in [0.15, 0.2) is 0 Å². The maximum Gasteiger partial charge on any atom is 0.257 e. The summed E-state index contributed by atoms with van der Waals surface area (Å²) in [7, 11) is 5.00. The predicted molar refractivity (Wildman–Crippen MR) is 60.8 cm³/mol. The van der Waals surface area contributed by atoms with Gasteiger partial charge in [0.1, 0.15) is 12.3 Å². The van der Waals surface area contributed by atoms with Crippen molar-refractivity contribution in [3.05, 3.63) is 11.3 Å². The molecule has 0 spiro atoms. The Morgan fingerprint density at radius 1 is 1.56 bits per heavy atom. The highest BCUT2D eigenvalue weighted by molar-refractivity contribution is 6.16. The van der Waals surface area contributed by atoms with Crippen molar-refractivity contribution in [2.75, 3.05) is 34.3 Å². The van der Waals surface area contributed by atoms with Gasteiger partial charge in [-0.05, 0) is 0 Å². The van der Waals surface area contributed by atoms with Crippen LogP contribution in [0.1, 0.15) is 0 Å². The lowest BCUT2D eigenvalue weighted by Gasteiger charge is -2.29. The summed E-state index contributed by atoms with van der Waals surface area (Å²) in [5, 5.41) is 14.9. The SMILES string of the molecule is CN(C)C(=O)/C(C=N)=C1\C(=N)OCCN1C. The molecule has 0 bridgehead atoms. The first-order valence-electron chi connectivity index (χ1n) is 4.88. The molecule has 16 heavy (non-hydrogen) atoms. The summed E-state index contributed by atoms with van der Waals surface area (Å²) in [6.07, 6.45) is 0.970. The molecule has 0 aliphatic carbocycles. The van der Waals surface area contributed by atoms with Crippen molar-refractivity contribution in [2.24, 2.45) is 0 Å². The molecule has 0 radical (unpaired) electrons. The Labute approximate surface area is 94.5 Å². The Kier molecular flexibility index (Phi) is 3.65. The molecule has 0 unspecified atom stereocenters. The summed E-state index contributed by atoms with van der Waals surface area (Å²) >= 11 is 0. The minimum Gasteiger partial charge on any atom is -0.475 e. The minimum absolute atomic E-state index is 0.0533. The molecule has 1 fully saturated rings. The number of likely N-dealkylation sites (N-methyl/N-ethyl adjacent to an activating group) is 2. The van der Waals surface area contributed by atoms with Crippen LogP contribution in [0.3, 0.4) is 0 Å². The number of carbonyl (C=O) groups excluding carboxylic acids is 1. The molecule has 1 heterocycles. The van der Waals surface area contributed by atoms with Crippen molar-refractivity contribution >= 4 is 18.0 Å². The van der Waals surface area contributed by atoms with E-state index in [4.69, 9.17) is 15.6 Å². The number of nitrogens with zero attached hydrogens (tertiary/aromatic N) is 2. The number of ether oxygens (including phenoxy) is 1. The Balaban J connectivity index is 3.19. The van der Waals surface area contributed by atoms with Gasteiger partial charge in [-0.25, -0.2) is 0 Å². The first-order valence-corrected chi connectivity index (χ1v) is 4.88. The number of hydrogen-bond acceptors (Lipinski definition) is 5. The van der Waals surface area contributed by atoms with Gasteiger partial charge in [-0.15, -0.1) is 0 Å². The Hall–Kier alpha value is -1.85. The van der Waals surface area contributed by atoms with E-state index in [0.29, 0.717) is 18.8 Å². The normalized spacial score (nSPS) is 18.9. The van der Waals surface area contributed by atoms with Crippen LogP contribution >= 0.6 is 0 Å². The van der Waals surface area contributed by atoms with Crippen molar-refractivity contribution in [3.8, 4) is 0 Å². The lowest BCUT2D eigenvalue weighted by molar-refractivity contribution is -0.124. The first-order chi connectivity index (χ1) is 7.49. The molecule has 1 saturated heterocycles. The van der Waals surface area contributed by atoms with Crippen molar-refractivity contribution in [1.29, 1.82) is 10.8 Å². The molecule has 0 aromatic carbocycles. The van der Waals surface area contributed by atoms with E-state index in [-0.39, 0.29) is 17.4 Å². The van der Waals surface area contributed by atoms with E-state index < -0.39 is 0 Å². The second-order valence-corrected chi connectivity index (χ2v) is 3.71. The third-order valence-corrected chi connectivity index (χ3v) is 2.31. The molecule has 0 atom stereocenters.